The minimum atomic E-state index is -0.502. The Morgan fingerprint density at radius 2 is 1.84 bits per heavy atom. The molecular formula is C25H27ClN2O3S. The lowest BCUT2D eigenvalue weighted by atomic mass is 10.1. The van der Waals surface area contributed by atoms with E-state index in [4.69, 9.17) is 16.3 Å². The second-order valence-corrected chi connectivity index (χ2v) is 8.94. The van der Waals surface area contributed by atoms with E-state index in [0.717, 1.165) is 22.9 Å². The first-order valence-corrected chi connectivity index (χ1v) is 12.1. The molecule has 3 aromatic rings. The van der Waals surface area contributed by atoms with Gasteiger partial charge in [0.15, 0.2) is 0 Å². The Morgan fingerprint density at radius 1 is 1.06 bits per heavy atom. The molecule has 3 rings (SSSR count). The molecule has 5 nitrogen and oxygen atoms in total. The first kappa shape index (κ1) is 24.0. The van der Waals surface area contributed by atoms with E-state index in [2.05, 4.69) is 17.5 Å². The summed E-state index contributed by atoms with van der Waals surface area (Å²) in [5.41, 5.74) is 3.25. The predicted octanol–water partition coefficient (Wildman–Crippen LogP) is 6.97. The van der Waals surface area contributed by atoms with Crippen LogP contribution in [0.3, 0.4) is 0 Å². The zero-order chi connectivity index (χ0) is 22.8. The smallest absolute Gasteiger partial charge is 0.355 e. The van der Waals surface area contributed by atoms with E-state index in [0.29, 0.717) is 27.6 Å². The number of ether oxygens (including phenoxy) is 1. The Bertz CT molecular complexity index is 1090. The molecule has 0 fully saturated rings. The van der Waals surface area contributed by atoms with Crippen molar-refractivity contribution in [2.45, 2.75) is 51.9 Å². The van der Waals surface area contributed by atoms with Gasteiger partial charge < -0.3 is 4.74 Å². The summed E-state index contributed by atoms with van der Waals surface area (Å²) in [7, 11) is 0. The van der Waals surface area contributed by atoms with Crippen LogP contribution in [0.2, 0.25) is 5.02 Å². The lowest BCUT2D eigenvalue weighted by molar-refractivity contribution is -0.121. The number of hydrogen-bond acceptors (Lipinski definition) is 5. The molecule has 1 N–H and O–H groups in total. The van der Waals surface area contributed by atoms with E-state index in [1.165, 1.54) is 43.2 Å². The van der Waals surface area contributed by atoms with Gasteiger partial charge in [-0.3, -0.25) is 4.79 Å². The number of fused-ring (bicyclic) bond motifs is 1. The van der Waals surface area contributed by atoms with Crippen LogP contribution >= 0.6 is 22.9 Å². The first-order chi connectivity index (χ1) is 15.6. The van der Waals surface area contributed by atoms with Crippen molar-refractivity contribution < 1.29 is 14.3 Å². The Morgan fingerprint density at radius 3 is 2.66 bits per heavy atom. The maximum Gasteiger partial charge on any atom is 0.355 e. The normalized spacial score (nSPS) is 11.2. The van der Waals surface area contributed by atoms with Crippen LogP contribution in [0.25, 0.3) is 10.1 Å². The number of hydrazone groups is 1. The predicted molar refractivity (Wildman–Crippen MR) is 132 cm³/mol. The maximum absolute atomic E-state index is 12.6. The van der Waals surface area contributed by atoms with Gasteiger partial charge in [-0.25, -0.2) is 10.2 Å². The third kappa shape index (κ3) is 6.90. The molecule has 1 heterocycles. The fourth-order valence-corrected chi connectivity index (χ4v) is 4.64. The van der Waals surface area contributed by atoms with Crippen molar-refractivity contribution in [3.63, 3.8) is 0 Å². The zero-order valence-corrected chi connectivity index (χ0v) is 19.7. The molecule has 1 amide bonds. The monoisotopic (exact) mass is 470 g/mol. The molecule has 0 aliphatic carbocycles. The third-order valence-corrected chi connectivity index (χ3v) is 6.60. The number of unbranched alkanes of at least 4 members (excludes halogenated alkanes) is 5. The molecule has 0 saturated heterocycles. The van der Waals surface area contributed by atoms with Crippen molar-refractivity contribution >= 4 is 51.1 Å². The van der Waals surface area contributed by atoms with Crippen LogP contribution in [-0.2, 0) is 4.79 Å². The molecule has 0 unspecified atom stereocenters. The number of esters is 1. The van der Waals surface area contributed by atoms with Gasteiger partial charge in [0.25, 0.3) is 0 Å². The second kappa shape index (κ2) is 12.4. The molecular weight excluding hydrogens is 444 g/mol. The summed E-state index contributed by atoms with van der Waals surface area (Å²) in [5, 5.41) is 5.25. The number of amides is 1. The van der Waals surface area contributed by atoms with Crippen LogP contribution in [-0.4, -0.2) is 18.1 Å². The Kier molecular flexibility index (Phi) is 9.26. The van der Waals surface area contributed by atoms with Crippen LogP contribution in [0.15, 0.2) is 53.6 Å². The molecule has 0 spiro atoms. The van der Waals surface area contributed by atoms with Crippen molar-refractivity contribution in [3.8, 4) is 5.75 Å². The van der Waals surface area contributed by atoms with Crippen molar-refractivity contribution in [1.82, 2.24) is 5.43 Å². The molecule has 0 saturated carbocycles. The quantitative estimate of drug-likeness (QED) is 0.108. The number of halogens is 1. The number of carbonyl (C=O) groups excluding carboxylic acids is 2. The van der Waals surface area contributed by atoms with Gasteiger partial charge in [-0.15, -0.1) is 11.3 Å². The molecule has 2 aromatic carbocycles. The van der Waals surface area contributed by atoms with Gasteiger partial charge >= 0.3 is 5.97 Å². The summed E-state index contributed by atoms with van der Waals surface area (Å²) in [6.07, 6.45) is 8.80. The summed E-state index contributed by atoms with van der Waals surface area (Å²) in [5.74, 6) is -0.220. The lowest BCUT2D eigenvalue weighted by Gasteiger charge is -2.04. The minimum Gasteiger partial charge on any atom is -0.422 e. The van der Waals surface area contributed by atoms with Crippen LogP contribution in [0.4, 0.5) is 0 Å². The van der Waals surface area contributed by atoms with E-state index in [1.54, 1.807) is 18.2 Å². The van der Waals surface area contributed by atoms with Gasteiger partial charge in [0, 0.05) is 16.5 Å². The standard InChI is InChI=1S/C25H27ClN2O3S/c1-2-3-4-5-6-7-15-22(29)28-27-17-18-11-10-12-19(16-18)31-25(30)24-23(26)20-13-8-9-14-21(20)32-24/h8-14,16-17H,2-7,15H2,1H3,(H,28,29)/b27-17+. The van der Waals surface area contributed by atoms with Gasteiger partial charge in [-0.2, -0.15) is 5.10 Å². The number of hydrogen-bond donors (Lipinski definition) is 1. The van der Waals surface area contributed by atoms with Gasteiger partial charge in [0.1, 0.15) is 10.6 Å². The van der Waals surface area contributed by atoms with Crippen LogP contribution in [0.5, 0.6) is 5.75 Å². The molecule has 0 bridgehead atoms. The SMILES string of the molecule is CCCCCCCCC(=O)N/N=C/c1cccc(OC(=O)c2sc3ccccc3c2Cl)c1. The van der Waals surface area contributed by atoms with E-state index in [1.807, 2.05) is 30.3 Å². The molecule has 7 heteroatoms. The molecule has 0 aliphatic heterocycles. The first-order valence-electron chi connectivity index (χ1n) is 10.9. The largest absolute Gasteiger partial charge is 0.422 e. The number of thiophene rings is 1. The van der Waals surface area contributed by atoms with E-state index in [9.17, 15) is 9.59 Å². The molecule has 0 radical (unpaired) electrons. The van der Waals surface area contributed by atoms with Gasteiger partial charge in [-0.1, -0.05) is 81.0 Å². The average Bonchev–Trinajstić information content (AvgIpc) is 3.13. The van der Waals surface area contributed by atoms with Gasteiger partial charge in [0.2, 0.25) is 5.91 Å². The van der Waals surface area contributed by atoms with Crippen LogP contribution in [0.1, 0.15) is 67.1 Å². The highest BCUT2D eigenvalue weighted by molar-refractivity contribution is 7.21. The Balaban J connectivity index is 1.51. The topological polar surface area (TPSA) is 67.8 Å². The number of nitrogens with one attached hydrogen (secondary N) is 1. The van der Waals surface area contributed by atoms with E-state index >= 15 is 0 Å². The highest BCUT2D eigenvalue weighted by Gasteiger charge is 2.19. The number of carbonyl (C=O) groups is 2. The average molecular weight is 471 g/mol. The highest BCUT2D eigenvalue weighted by Crippen LogP contribution is 2.35. The summed E-state index contributed by atoms with van der Waals surface area (Å²) in [6.45, 7) is 2.19. The van der Waals surface area contributed by atoms with E-state index < -0.39 is 5.97 Å². The van der Waals surface area contributed by atoms with Crippen molar-refractivity contribution in [1.29, 1.82) is 0 Å². The molecule has 0 aliphatic rings. The second-order valence-electron chi connectivity index (χ2n) is 7.51. The van der Waals surface area contributed by atoms with Crippen molar-refractivity contribution in [2.75, 3.05) is 0 Å². The zero-order valence-electron chi connectivity index (χ0n) is 18.1. The van der Waals surface area contributed by atoms with Crippen LogP contribution < -0.4 is 10.2 Å². The summed E-state index contributed by atoms with van der Waals surface area (Å²) >= 11 is 7.67. The molecule has 0 atom stereocenters. The summed E-state index contributed by atoms with van der Waals surface area (Å²) < 4.78 is 6.44. The van der Waals surface area contributed by atoms with Crippen molar-refractivity contribution in [2.24, 2.45) is 5.10 Å². The number of rotatable bonds is 11. The fraction of sp³-hybridized carbons (Fsp3) is 0.320. The number of nitrogens with zero attached hydrogens (tertiary/aromatic N) is 1. The van der Waals surface area contributed by atoms with E-state index in [-0.39, 0.29) is 5.91 Å². The Labute approximate surface area is 197 Å². The minimum absolute atomic E-state index is 0.0984. The third-order valence-electron chi connectivity index (χ3n) is 4.95. The summed E-state index contributed by atoms with van der Waals surface area (Å²) in [6, 6.07) is 14.5. The highest BCUT2D eigenvalue weighted by atomic mass is 35.5. The van der Waals surface area contributed by atoms with Crippen molar-refractivity contribution in [3.05, 3.63) is 64.0 Å². The lowest BCUT2D eigenvalue weighted by Crippen LogP contribution is -2.16. The van der Waals surface area contributed by atoms with Gasteiger partial charge in [-0.05, 0) is 30.2 Å². The number of benzene rings is 2. The molecule has 1 aromatic heterocycles. The fourth-order valence-electron chi connectivity index (χ4n) is 3.26. The van der Waals surface area contributed by atoms with Gasteiger partial charge in [0.05, 0.1) is 11.2 Å². The Hall–Kier alpha value is -2.70. The maximum atomic E-state index is 12.6. The molecule has 32 heavy (non-hydrogen) atoms. The summed E-state index contributed by atoms with van der Waals surface area (Å²) in [4.78, 5) is 24.9. The van der Waals surface area contributed by atoms with Crippen LogP contribution in [0, 0.1) is 0 Å². The molecule has 168 valence electrons.